The molecule has 13 heteroatoms. The highest BCUT2D eigenvalue weighted by atomic mass is 35.5. The van der Waals surface area contributed by atoms with Crippen LogP contribution in [0.25, 0.3) is 16.6 Å². The average molecular weight is 510 g/mol. The van der Waals surface area contributed by atoms with E-state index < -0.39 is 11.6 Å². The Morgan fingerprint density at radius 2 is 2.17 bits per heavy atom. The molecule has 2 aliphatic heterocycles. The number of carbonyl (C=O) groups excluding carboxylic acids is 2. The Labute approximate surface area is 210 Å². The number of hydrogen-bond donors (Lipinski definition) is 4. The number of carbonyl (C=O) groups is 2. The minimum Gasteiger partial charge on any atom is -0.441 e. The second-order valence-electron chi connectivity index (χ2n) is 9.21. The molecule has 1 unspecified atom stereocenters. The number of hydrogen-bond acceptors (Lipinski definition) is 8. The van der Waals surface area contributed by atoms with Crippen molar-refractivity contribution in [1.29, 1.82) is 0 Å². The third kappa shape index (κ3) is 3.56. The Balaban J connectivity index is 1.33. The zero-order valence-corrected chi connectivity index (χ0v) is 20.2. The van der Waals surface area contributed by atoms with Gasteiger partial charge in [-0.05, 0) is 19.1 Å². The first-order chi connectivity index (χ1) is 17.3. The number of amides is 2. The lowest BCUT2D eigenvalue weighted by Crippen LogP contribution is -2.47. The molecular weight excluding hydrogens is 486 g/mol. The number of H-pyrrole nitrogens is 1. The van der Waals surface area contributed by atoms with Gasteiger partial charge in [-0.25, -0.2) is 14.3 Å². The maximum atomic E-state index is 13.3. The molecule has 3 aromatic heterocycles. The molecule has 5 heterocycles. The van der Waals surface area contributed by atoms with Gasteiger partial charge in [-0.2, -0.15) is 5.10 Å². The number of piperidine rings is 1. The number of anilines is 2. The number of ether oxygens (including phenoxy) is 1. The van der Waals surface area contributed by atoms with Crippen molar-refractivity contribution >= 4 is 51.7 Å². The first-order valence-corrected chi connectivity index (χ1v) is 12.0. The van der Waals surface area contributed by atoms with E-state index in [9.17, 15) is 9.59 Å². The summed E-state index contributed by atoms with van der Waals surface area (Å²) in [4.78, 5) is 31.4. The molecule has 1 spiro atoms. The third-order valence-corrected chi connectivity index (χ3v) is 7.32. The summed E-state index contributed by atoms with van der Waals surface area (Å²) in [6.07, 6.45) is 5.94. The molecule has 12 nitrogen and oxygen atoms in total. The summed E-state index contributed by atoms with van der Waals surface area (Å²) in [5.41, 5.74) is 8.67. The topological polar surface area (TPSA) is 156 Å². The van der Waals surface area contributed by atoms with E-state index in [4.69, 9.17) is 22.1 Å². The molecule has 2 fully saturated rings. The van der Waals surface area contributed by atoms with Gasteiger partial charge in [0.05, 0.1) is 35.0 Å². The van der Waals surface area contributed by atoms with E-state index in [1.165, 1.54) is 4.52 Å². The molecule has 2 aliphatic rings. The van der Waals surface area contributed by atoms with Gasteiger partial charge in [0.2, 0.25) is 0 Å². The molecule has 1 atom stereocenters. The summed E-state index contributed by atoms with van der Waals surface area (Å²) in [5, 5.41) is 18.6. The molecule has 2 amide bonds. The molecule has 0 saturated carbocycles. The Kier molecular flexibility index (Phi) is 5.14. The van der Waals surface area contributed by atoms with Crippen molar-refractivity contribution in [3.05, 3.63) is 46.9 Å². The minimum absolute atomic E-state index is 0.0988. The normalized spacial score (nSPS) is 17.9. The number of aromatic amines is 1. The predicted octanol–water partition coefficient (Wildman–Crippen LogP) is 2.41. The maximum absolute atomic E-state index is 13.3. The number of nitrogens with zero attached hydrogens (tertiary/aromatic N) is 5. The van der Waals surface area contributed by atoms with Gasteiger partial charge in [0, 0.05) is 49.3 Å². The molecule has 4 aromatic rings. The van der Waals surface area contributed by atoms with Crippen LogP contribution < -0.4 is 21.3 Å². The standard InChI is InChI=1S/C23H24ClN9O3/c1-12(29-21(34)16-19(25)31-33-6-2-5-26-20(16)33)13-9-15(24)14-10-28-30-17(14)18(13)32-7-3-23(4-8-32)11-27-22(35)36-23/h2,5-6,9-10,12H,3-4,7-8,11H2,1H3,(H2,25,31)(H,27,35)(H,28,30)(H,29,34). The van der Waals surface area contributed by atoms with Crippen LogP contribution in [-0.2, 0) is 4.74 Å². The van der Waals surface area contributed by atoms with Crippen LogP contribution in [0.15, 0.2) is 30.7 Å². The first kappa shape index (κ1) is 22.4. The van der Waals surface area contributed by atoms with Crippen molar-refractivity contribution in [2.75, 3.05) is 30.3 Å². The van der Waals surface area contributed by atoms with Gasteiger partial charge in [0.15, 0.2) is 11.5 Å². The Morgan fingerprint density at radius 1 is 1.36 bits per heavy atom. The van der Waals surface area contributed by atoms with Crippen molar-refractivity contribution in [2.24, 2.45) is 0 Å². The molecule has 0 aliphatic carbocycles. The molecule has 36 heavy (non-hydrogen) atoms. The van der Waals surface area contributed by atoms with E-state index in [0.717, 1.165) is 22.2 Å². The van der Waals surface area contributed by atoms with Crippen LogP contribution in [0.2, 0.25) is 5.02 Å². The lowest BCUT2D eigenvalue weighted by molar-refractivity contribution is 0.0367. The smallest absolute Gasteiger partial charge is 0.407 e. The van der Waals surface area contributed by atoms with Gasteiger partial charge in [-0.3, -0.25) is 9.89 Å². The second-order valence-corrected chi connectivity index (χ2v) is 9.62. The quantitative estimate of drug-likeness (QED) is 0.327. The lowest BCUT2D eigenvalue weighted by atomic mass is 9.90. The number of nitrogens with one attached hydrogen (secondary N) is 3. The second kappa shape index (κ2) is 8.26. The number of halogens is 1. The van der Waals surface area contributed by atoms with Gasteiger partial charge in [-0.1, -0.05) is 11.6 Å². The van der Waals surface area contributed by atoms with Gasteiger partial charge in [0.1, 0.15) is 11.2 Å². The lowest BCUT2D eigenvalue weighted by Gasteiger charge is -2.39. The van der Waals surface area contributed by atoms with Gasteiger partial charge in [-0.15, -0.1) is 5.10 Å². The Bertz CT molecular complexity index is 1510. The van der Waals surface area contributed by atoms with Gasteiger partial charge < -0.3 is 26.0 Å². The summed E-state index contributed by atoms with van der Waals surface area (Å²) < 4.78 is 7.06. The molecule has 1 aromatic carbocycles. The summed E-state index contributed by atoms with van der Waals surface area (Å²) in [6, 6.07) is 3.14. The fourth-order valence-electron chi connectivity index (χ4n) is 5.13. The summed E-state index contributed by atoms with van der Waals surface area (Å²) >= 11 is 6.61. The van der Waals surface area contributed by atoms with Crippen molar-refractivity contribution in [1.82, 2.24) is 35.4 Å². The first-order valence-electron chi connectivity index (χ1n) is 11.6. The molecule has 2 saturated heterocycles. The zero-order chi connectivity index (χ0) is 25.0. The number of fused-ring (bicyclic) bond motifs is 2. The van der Waals surface area contributed by atoms with Crippen LogP contribution in [0.4, 0.5) is 16.3 Å². The Morgan fingerprint density at radius 3 is 2.92 bits per heavy atom. The highest BCUT2D eigenvalue weighted by Crippen LogP contribution is 2.40. The van der Waals surface area contributed by atoms with Crippen LogP contribution >= 0.6 is 11.6 Å². The number of nitrogens with two attached hydrogens (primary N) is 1. The predicted molar refractivity (Wildman–Crippen MR) is 133 cm³/mol. The van der Waals surface area contributed by atoms with Crippen molar-refractivity contribution in [2.45, 2.75) is 31.4 Å². The van der Waals surface area contributed by atoms with Crippen molar-refractivity contribution in [3.63, 3.8) is 0 Å². The van der Waals surface area contributed by atoms with Crippen LogP contribution in [0.3, 0.4) is 0 Å². The van der Waals surface area contributed by atoms with E-state index in [1.54, 1.807) is 24.7 Å². The average Bonchev–Trinajstić information content (AvgIpc) is 3.57. The summed E-state index contributed by atoms with van der Waals surface area (Å²) in [6.45, 7) is 3.71. The summed E-state index contributed by atoms with van der Waals surface area (Å²) in [5.74, 6) is -0.288. The number of rotatable bonds is 4. The number of aromatic nitrogens is 5. The Hall–Kier alpha value is -4.06. The molecule has 0 radical (unpaired) electrons. The van der Waals surface area contributed by atoms with E-state index in [0.29, 0.717) is 43.1 Å². The van der Waals surface area contributed by atoms with Crippen LogP contribution in [-0.4, -0.2) is 62.0 Å². The molecule has 6 rings (SSSR count). The third-order valence-electron chi connectivity index (χ3n) is 7.01. The fourth-order valence-corrected chi connectivity index (χ4v) is 5.39. The summed E-state index contributed by atoms with van der Waals surface area (Å²) in [7, 11) is 0. The fraction of sp³-hybridized carbons (Fsp3) is 0.348. The largest absolute Gasteiger partial charge is 0.441 e. The highest BCUT2D eigenvalue weighted by Gasteiger charge is 2.43. The molecule has 186 valence electrons. The van der Waals surface area contributed by atoms with Crippen LogP contribution in [0.5, 0.6) is 0 Å². The number of benzene rings is 1. The van der Waals surface area contributed by atoms with E-state index in [2.05, 4.69) is 35.8 Å². The van der Waals surface area contributed by atoms with E-state index >= 15 is 0 Å². The van der Waals surface area contributed by atoms with Gasteiger partial charge in [0.25, 0.3) is 5.91 Å². The molecule has 5 N–H and O–H groups in total. The number of nitrogen functional groups attached to an aromatic ring is 1. The molecule has 0 bridgehead atoms. The molecular formula is C23H24ClN9O3. The minimum atomic E-state index is -0.485. The maximum Gasteiger partial charge on any atom is 0.407 e. The van der Waals surface area contributed by atoms with E-state index in [-0.39, 0.29) is 23.4 Å². The van der Waals surface area contributed by atoms with Crippen molar-refractivity contribution in [3.8, 4) is 0 Å². The SMILES string of the molecule is CC(NC(=O)c1c(N)nn2cccnc12)c1cc(Cl)c2cn[nH]c2c1N1CCC2(CC1)CNC(=O)O2. The van der Waals surface area contributed by atoms with Crippen LogP contribution in [0, 0.1) is 0 Å². The van der Waals surface area contributed by atoms with Crippen LogP contribution in [0.1, 0.15) is 41.7 Å². The zero-order valence-electron chi connectivity index (χ0n) is 19.4. The number of alkyl carbamates (subject to hydrolysis) is 1. The van der Waals surface area contributed by atoms with Crippen molar-refractivity contribution < 1.29 is 14.3 Å². The van der Waals surface area contributed by atoms with Gasteiger partial charge >= 0.3 is 6.09 Å². The van der Waals surface area contributed by atoms with E-state index in [1.807, 2.05) is 13.0 Å². The monoisotopic (exact) mass is 509 g/mol. The highest BCUT2D eigenvalue weighted by molar-refractivity contribution is 6.36.